The SMILES string of the molecule is CC(C)CCCC(C)CCc1cccc2c1[nH]c1ccc(I)cc12. The molecule has 1 unspecified atom stereocenters. The highest BCUT2D eigenvalue weighted by Crippen LogP contribution is 2.30. The van der Waals surface area contributed by atoms with Gasteiger partial charge >= 0.3 is 0 Å². The van der Waals surface area contributed by atoms with E-state index in [0.717, 1.165) is 11.8 Å². The number of aromatic amines is 1. The summed E-state index contributed by atoms with van der Waals surface area (Å²) in [6, 6.07) is 13.4. The molecule has 0 aliphatic carbocycles. The zero-order valence-electron chi connectivity index (χ0n) is 15.0. The molecule has 0 radical (unpaired) electrons. The molecule has 0 saturated carbocycles. The number of aryl methyl sites for hydroxylation is 1. The van der Waals surface area contributed by atoms with E-state index >= 15 is 0 Å². The van der Waals surface area contributed by atoms with Crippen LogP contribution in [0, 0.1) is 15.4 Å². The highest BCUT2D eigenvalue weighted by molar-refractivity contribution is 14.1. The Balaban J connectivity index is 1.74. The maximum Gasteiger partial charge on any atom is 0.0497 e. The van der Waals surface area contributed by atoms with E-state index in [0.29, 0.717) is 0 Å². The van der Waals surface area contributed by atoms with E-state index in [9.17, 15) is 0 Å². The fourth-order valence-corrected chi connectivity index (χ4v) is 4.08. The van der Waals surface area contributed by atoms with Crippen molar-refractivity contribution in [2.24, 2.45) is 11.8 Å². The first-order valence-electron chi connectivity index (χ1n) is 9.23. The second-order valence-corrected chi connectivity index (χ2v) is 8.87. The molecule has 0 spiro atoms. The molecule has 0 fully saturated rings. The number of halogens is 1. The molecule has 0 bridgehead atoms. The van der Waals surface area contributed by atoms with Crippen molar-refractivity contribution in [1.82, 2.24) is 4.98 Å². The molecule has 3 aromatic rings. The fraction of sp³-hybridized carbons (Fsp3) is 0.455. The number of rotatable bonds is 7. The number of nitrogens with one attached hydrogen (secondary N) is 1. The summed E-state index contributed by atoms with van der Waals surface area (Å²) in [5.74, 6) is 1.64. The molecular formula is C22H28IN. The predicted octanol–water partition coefficient (Wildman–Crippen LogP) is 7.32. The minimum atomic E-state index is 0.810. The zero-order valence-corrected chi connectivity index (χ0v) is 17.2. The van der Waals surface area contributed by atoms with Crippen molar-refractivity contribution in [2.75, 3.05) is 0 Å². The molecule has 3 rings (SSSR count). The van der Waals surface area contributed by atoms with E-state index in [1.54, 1.807) is 0 Å². The van der Waals surface area contributed by atoms with Crippen molar-refractivity contribution in [3.63, 3.8) is 0 Å². The monoisotopic (exact) mass is 433 g/mol. The Morgan fingerprint density at radius 3 is 2.58 bits per heavy atom. The first-order valence-corrected chi connectivity index (χ1v) is 10.3. The second kappa shape index (κ2) is 7.90. The van der Waals surface area contributed by atoms with E-state index in [-0.39, 0.29) is 0 Å². The summed E-state index contributed by atoms with van der Waals surface area (Å²) in [5.41, 5.74) is 4.06. The van der Waals surface area contributed by atoms with Gasteiger partial charge < -0.3 is 4.98 Å². The van der Waals surface area contributed by atoms with E-state index in [4.69, 9.17) is 0 Å². The Morgan fingerprint density at radius 1 is 0.958 bits per heavy atom. The summed E-state index contributed by atoms with van der Waals surface area (Å²) >= 11 is 2.40. The highest BCUT2D eigenvalue weighted by Gasteiger charge is 2.10. The van der Waals surface area contributed by atoms with Gasteiger partial charge in [-0.3, -0.25) is 0 Å². The lowest BCUT2D eigenvalue weighted by Gasteiger charge is -2.12. The number of para-hydroxylation sites is 1. The van der Waals surface area contributed by atoms with Crippen LogP contribution in [0.2, 0.25) is 0 Å². The topological polar surface area (TPSA) is 15.8 Å². The molecule has 1 heterocycles. The van der Waals surface area contributed by atoms with Crippen LogP contribution in [-0.4, -0.2) is 4.98 Å². The molecule has 128 valence electrons. The Labute approximate surface area is 159 Å². The number of fused-ring (bicyclic) bond motifs is 3. The molecule has 0 aliphatic rings. The van der Waals surface area contributed by atoms with Gasteiger partial charge in [0.2, 0.25) is 0 Å². The average Bonchev–Trinajstić information content (AvgIpc) is 2.91. The molecule has 1 nitrogen and oxygen atoms in total. The van der Waals surface area contributed by atoms with Crippen LogP contribution in [0.5, 0.6) is 0 Å². The Bertz CT molecular complexity index is 815. The van der Waals surface area contributed by atoms with Crippen LogP contribution in [0.3, 0.4) is 0 Å². The molecular weight excluding hydrogens is 405 g/mol. The van der Waals surface area contributed by atoms with E-state index in [2.05, 4.69) is 84.7 Å². The molecule has 24 heavy (non-hydrogen) atoms. The van der Waals surface area contributed by atoms with Gasteiger partial charge in [-0.05, 0) is 71.0 Å². The van der Waals surface area contributed by atoms with Gasteiger partial charge in [-0.2, -0.15) is 0 Å². The van der Waals surface area contributed by atoms with Gasteiger partial charge in [0.15, 0.2) is 0 Å². The third kappa shape index (κ3) is 4.14. The fourth-order valence-electron chi connectivity index (χ4n) is 3.58. The van der Waals surface area contributed by atoms with Gasteiger partial charge in [-0.15, -0.1) is 0 Å². The predicted molar refractivity (Wildman–Crippen MR) is 115 cm³/mol. The Kier molecular flexibility index (Phi) is 5.85. The summed E-state index contributed by atoms with van der Waals surface area (Å²) in [6.45, 7) is 7.05. The number of H-pyrrole nitrogens is 1. The number of benzene rings is 2. The third-order valence-corrected chi connectivity index (χ3v) is 5.74. The summed E-state index contributed by atoms with van der Waals surface area (Å²) in [5, 5.41) is 2.72. The zero-order chi connectivity index (χ0) is 17.1. The van der Waals surface area contributed by atoms with Gasteiger partial charge in [-0.1, -0.05) is 58.2 Å². The van der Waals surface area contributed by atoms with Gasteiger partial charge in [0.25, 0.3) is 0 Å². The first kappa shape index (κ1) is 17.8. The van der Waals surface area contributed by atoms with Crippen molar-refractivity contribution >= 4 is 44.4 Å². The number of hydrogen-bond donors (Lipinski definition) is 1. The van der Waals surface area contributed by atoms with Gasteiger partial charge in [0.05, 0.1) is 0 Å². The maximum atomic E-state index is 3.65. The summed E-state index contributed by atoms with van der Waals surface area (Å²) in [7, 11) is 0. The highest BCUT2D eigenvalue weighted by atomic mass is 127. The molecule has 0 aliphatic heterocycles. The molecule has 1 atom stereocenters. The molecule has 1 aromatic heterocycles. The van der Waals surface area contributed by atoms with Crippen LogP contribution in [0.25, 0.3) is 21.8 Å². The molecule has 0 saturated heterocycles. The van der Waals surface area contributed by atoms with E-state index in [1.165, 1.54) is 63.0 Å². The first-order chi connectivity index (χ1) is 11.5. The van der Waals surface area contributed by atoms with Crippen molar-refractivity contribution in [1.29, 1.82) is 0 Å². The molecule has 0 amide bonds. The lowest BCUT2D eigenvalue weighted by molar-refractivity contribution is 0.437. The van der Waals surface area contributed by atoms with Crippen LogP contribution in [0.4, 0.5) is 0 Å². The molecule has 1 N–H and O–H groups in total. The van der Waals surface area contributed by atoms with Crippen molar-refractivity contribution in [3.8, 4) is 0 Å². The van der Waals surface area contributed by atoms with E-state index < -0.39 is 0 Å². The lowest BCUT2D eigenvalue weighted by atomic mass is 9.94. The Hall–Kier alpha value is -1.03. The quantitative estimate of drug-likeness (QED) is 0.376. The van der Waals surface area contributed by atoms with Crippen LogP contribution < -0.4 is 0 Å². The third-order valence-electron chi connectivity index (χ3n) is 5.07. The van der Waals surface area contributed by atoms with Crippen molar-refractivity contribution < 1.29 is 0 Å². The van der Waals surface area contributed by atoms with Crippen LogP contribution >= 0.6 is 22.6 Å². The van der Waals surface area contributed by atoms with Gasteiger partial charge in [0, 0.05) is 25.4 Å². The van der Waals surface area contributed by atoms with Crippen LogP contribution in [0.1, 0.15) is 52.0 Å². The molecule has 2 aromatic carbocycles. The van der Waals surface area contributed by atoms with Crippen LogP contribution in [0.15, 0.2) is 36.4 Å². The minimum absolute atomic E-state index is 0.810. The number of aromatic nitrogens is 1. The van der Waals surface area contributed by atoms with E-state index in [1.807, 2.05) is 0 Å². The van der Waals surface area contributed by atoms with Gasteiger partial charge in [0.1, 0.15) is 0 Å². The average molecular weight is 433 g/mol. The van der Waals surface area contributed by atoms with Gasteiger partial charge in [-0.25, -0.2) is 0 Å². The lowest BCUT2D eigenvalue weighted by Crippen LogP contribution is -1.99. The van der Waals surface area contributed by atoms with Crippen molar-refractivity contribution in [2.45, 2.75) is 52.9 Å². The summed E-state index contributed by atoms with van der Waals surface area (Å²) < 4.78 is 1.30. The summed E-state index contributed by atoms with van der Waals surface area (Å²) in [6.07, 6.45) is 6.54. The van der Waals surface area contributed by atoms with Crippen LogP contribution in [-0.2, 0) is 6.42 Å². The number of hydrogen-bond acceptors (Lipinski definition) is 0. The smallest absolute Gasteiger partial charge is 0.0497 e. The molecule has 2 heteroatoms. The Morgan fingerprint density at radius 2 is 1.79 bits per heavy atom. The minimum Gasteiger partial charge on any atom is -0.354 e. The maximum absolute atomic E-state index is 3.65. The summed E-state index contributed by atoms with van der Waals surface area (Å²) in [4.78, 5) is 3.65. The standard InChI is InChI=1S/C22H28IN/c1-15(2)6-4-7-16(3)10-11-17-8-5-9-19-20-14-18(23)12-13-21(20)24-22(17)19/h5,8-9,12-16,24H,4,6-7,10-11H2,1-3H3. The normalized spacial score (nSPS) is 13.2. The second-order valence-electron chi connectivity index (χ2n) is 7.62. The van der Waals surface area contributed by atoms with Crippen molar-refractivity contribution in [3.05, 3.63) is 45.5 Å². The largest absolute Gasteiger partial charge is 0.354 e.